The number of carbonyl (C=O) groups excluding carboxylic acids is 1. The number of ether oxygens (including phenoxy) is 1. The molecule has 0 aliphatic heterocycles. The molecule has 0 radical (unpaired) electrons. The topological polar surface area (TPSA) is 38.3 Å². The quantitative estimate of drug-likeness (QED) is 0.780. The minimum Gasteiger partial charge on any atom is -0.497 e. The molecular weight excluding hydrogens is 346 g/mol. The molecule has 0 saturated heterocycles. The fourth-order valence-electron chi connectivity index (χ4n) is 4.86. The molecule has 2 aliphatic rings. The maximum atomic E-state index is 13.1. The van der Waals surface area contributed by atoms with Crippen LogP contribution in [0.15, 0.2) is 53.6 Å². The van der Waals surface area contributed by atoms with E-state index in [0.717, 1.165) is 36.1 Å². The van der Waals surface area contributed by atoms with Crippen molar-refractivity contribution in [2.75, 3.05) is 7.11 Å². The van der Waals surface area contributed by atoms with E-state index in [1.807, 2.05) is 6.07 Å². The third-order valence-corrected chi connectivity index (χ3v) is 6.24. The predicted molar refractivity (Wildman–Crippen MR) is 112 cm³/mol. The molecule has 2 unspecified atom stereocenters. The van der Waals surface area contributed by atoms with E-state index in [0.29, 0.717) is 18.4 Å². The van der Waals surface area contributed by atoms with E-state index >= 15 is 0 Å². The number of aryl methyl sites for hydroxylation is 2. The van der Waals surface area contributed by atoms with Crippen molar-refractivity contribution in [2.24, 2.45) is 11.8 Å². The van der Waals surface area contributed by atoms with E-state index in [9.17, 15) is 4.79 Å². The number of carbonyl (C=O) groups is 1. The first-order valence-corrected chi connectivity index (χ1v) is 10.2. The largest absolute Gasteiger partial charge is 0.497 e. The zero-order chi connectivity index (χ0) is 19.7. The molecule has 2 aromatic rings. The lowest BCUT2D eigenvalue weighted by Crippen LogP contribution is -2.28. The highest BCUT2D eigenvalue weighted by Gasteiger charge is 2.41. The SMILES string of the molecule is COc1cc(C)cc(CC2=C(C(=O)NCc3ccc(C)cc3)C3CCC2C3)c1. The summed E-state index contributed by atoms with van der Waals surface area (Å²) in [4.78, 5) is 13.1. The smallest absolute Gasteiger partial charge is 0.247 e. The monoisotopic (exact) mass is 375 g/mol. The Hall–Kier alpha value is -2.55. The molecule has 2 aromatic carbocycles. The first kappa shape index (κ1) is 18.8. The van der Waals surface area contributed by atoms with Gasteiger partial charge in [-0.15, -0.1) is 0 Å². The summed E-state index contributed by atoms with van der Waals surface area (Å²) < 4.78 is 5.44. The van der Waals surface area contributed by atoms with Crippen LogP contribution in [0.25, 0.3) is 0 Å². The highest BCUT2D eigenvalue weighted by Crippen LogP contribution is 2.49. The number of methoxy groups -OCH3 is 1. The van der Waals surface area contributed by atoms with Crippen molar-refractivity contribution in [3.63, 3.8) is 0 Å². The third-order valence-electron chi connectivity index (χ3n) is 6.24. The highest BCUT2D eigenvalue weighted by atomic mass is 16.5. The van der Waals surface area contributed by atoms with Crippen LogP contribution in [0.4, 0.5) is 0 Å². The number of hydrogen-bond donors (Lipinski definition) is 1. The zero-order valence-corrected chi connectivity index (χ0v) is 17.0. The number of fused-ring (bicyclic) bond motifs is 2. The molecular formula is C25H29NO2. The van der Waals surface area contributed by atoms with Crippen LogP contribution in [0.1, 0.15) is 41.5 Å². The molecule has 1 N–H and O–H groups in total. The van der Waals surface area contributed by atoms with Crippen LogP contribution < -0.4 is 10.1 Å². The van der Waals surface area contributed by atoms with Gasteiger partial charge in [0.1, 0.15) is 5.75 Å². The first-order valence-electron chi connectivity index (χ1n) is 10.2. The fourth-order valence-corrected chi connectivity index (χ4v) is 4.86. The average molecular weight is 376 g/mol. The standard InChI is InChI=1S/C25H29NO2/c1-16-4-6-18(7-5-16)15-26-25(27)24-21-9-8-20(14-21)23(24)13-19-10-17(2)11-22(12-19)28-3/h4-7,10-12,20-21H,8-9,13-15H2,1-3H3,(H,26,27). The van der Waals surface area contributed by atoms with Gasteiger partial charge in [-0.1, -0.05) is 41.5 Å². The van der Waals surface area contributed by atoms with Gasteiger partial charge in [-0.05, 0) is 80.2 Å². The van der Waals surface area contributed by atoms with Gasteiger partial charge in [-0.3, -0.25) is 4.79 Å². The highest BCUT2D eigenvalue weighted by molar-refractivity contribution is 5.95. The van der Waals surface area contributed by atoms with E-state index in [1.54, 1.807) is 7.11 Å². The molecule has 4 rings (SSSR count). The number of hydrogen-bond acceptors (Lipinski definition) is 2. The molecule has 0 aromatic heterocycles. The fraction of sp³-hybridized carbons (Fsp3) is 0.400. The predicted octanol–water partition coefficient (Wildman–Crippen LogP) is 4.90. The number of amides is 1. The second-order valence-electron chi connectivity index (χ2n) is 8.35. The van der Waals surface area contributed by atoms with Gasteiger partial charge in [0.05, 0.1) is 7.11 Å². The van der Waals surface area contributed by atoms with Crippen LogP contribution in [0.3, 0.4) is 0 Å². The van der Waals surface area contributed by atoms with Crippen LogP contribution >= 0.6 is 0 Å². The molecule has 2 aliphatic carbocycles. The van der Waals surface area contributed by atoms with Crippen LogP contribution in [0.5, 0.6) is 5.75 Å². The van der Waals surface area contributed by atoms with Crippen LogP contribution in [-0.4, -0.2) is 13.0 Å². The molecule has 1 amide bonds. The Labute approximate surface area is 167 Å². The van der Waals surface area contributed by atoms with E-state index in [4.69, 9.17) is 4.74 Å². The maximum absolute atomic E-state index is 13.1. The molecule has 3 heteroatoms. The lowest BCUT2D eigenvalue weighted by molar-refractivity contribution is -0.118. The lowest BCUT2D eigenvalue weighted by Gasteiger charge is -2.20. The Kier molecular flexibility index (Phi) is 5.25. The maximum Gasteiger partial charge on any atom is 0.247 e. The lowest BCUT2D eigenvalue weighted by atomic mass is 9.87. The summed E-state index contributed by atoms with van der Waals surface area (Å²) in [6.07, 6.45) is 4.37. The Balaban J connectivity index is 1.54. The number of nitrogens with one attached hydrogen (secondary N) is 1. The van der Waals surface area contributed by atoms with Crippen molar-refractivity contribution in [1.29, 1.82) is 0 Å². The molecule has 2 bridgehead atoms. The minimum atomic E-state index is 0.127. The van der Waals surface area contributed by atoms with Crippen molar-refractivity contribution < 1.29 is 9.53 Å². The van der Waals surface area contributed by atoms with Gasteiger partial charge in [0, 0.05) is 12.1 Å². The Morgan fingerprint density at radius 3 is 2.50 bits per heavy atom. The van der Waals surface area contributed by atoms with Gasteiger partial charge in [0.2, 0.25) is 5.91 Å². The molecule has 146 valence electrons. The van der Waals surface area contributed by atoms with Crippen LogP contribution in [-0.2, 0) is 17.8 Å². The first-order chi connectivity index (χ1) is 13.5. The van der Waals surface area contributed by atoms with Gasteiger partial charge in [0.25, 0.3) is 0 Å². The summed E-state index contributed by atoms with van der Waals surface area (Å²) in [5.74, 6) is 2.02. The second-order valence-corrected chi connectivity index (χ2v) is 8.35. The zero-order valence-electron chi connectivity index (χ0n) is 17.0. The van der Waals surface area contributed by atoms with E-state index in [-0.39, 0.29) is 5.91 Å². The third kappa shape index (κ3) is 3.84. The second kappa shape index (κ2) is 7.83. The van der Waals surface area contributed by atoms with Gasteiger partial charge in [-0.2, -0.15) is 0 Å². The minimum absolute atomic E-state index is 0.127. The summed E-state index contributed by atoms with van der Waals surface area (Å²) in [7, 11) is 1.71. The van der Waals surface area contributed by atoms with E-state index in [2.05, 4.69) is 55.6 Å². The molecule has 1 fully saturated rings. The van der Waals surface area contributed by atoms with Gasteiger partial charge >= 0.3 is 0 Å². The Morgan fingerprint density at radius 1 is 1.00 bits per heavy atom. The van der Waals surface area contributed by atoms with Crippen LogP contribution in [0, 0.1) is 25.7 Å². The van der Waals surface area contributed by atoms with Gasteiger partial charge in [-0.25, -0.2) is 0 Å². The van der Waals surface area contributed by atoms with Gasteiger partial charge < -0.3 is 10.1 Å². The molecule has 3 nitrogen and oxygen atoms in total. The van der Waals surface area contributed by atoms with Gasteiger partial charge in [0.15, 0.2) is 0 Å². The normalized spacial score (nSPS) is 20.5. The summed E-state index contributed by atoms with van der Waals surface area (Å²) in [5, 5.41) is 3.17. The molecule has 0 heterocycles. The summed E-state index contributed by atoms with van der Waals surface area (Å²) in [5.41, 5.74) is 7.23. The van der Waals surface area contributed by atoms with Crippen molar-refractivity contribution >= 4 is 5.91 Å². The van der Waals surface area contributed by atoms with Crippen molar-refractivity contribution in [2.45, 2.75) is 46.1 Å². The molecule has 2 atom stereocenters. The van der Waals surface area contributed by atoms with E-state index < -0.39 is 0 Å². The average Bonchev–Trinajstić information content (AvgIpc) is 3.28. The van der Waals surface area contributed by atoms with Crippen molar-refractivity contribution in [3.05, 3.63) is 75.9 Å². The molecule has 0 spiro atoms. The Bertz CT molecular complexity index is 911. The molecule has 1 saturated carbocycles. The Morgan fingerprint density at radius 2 is 1.75 bits per heavy atom. The number of rotatable bonds is 6. The summed E-state index contributed by atoms with van der Waals surface area (Å²) >= 11 is 0. The van der Waals surface area contributed by atoms with E-state index in [1.165, 1.54) is 28.7 Å². The summed E-state index contributed by atoms with van der Waals surface area (Å²) in [6, 6.07) is 14.7. The molecule has 28 heavy (non-hydrogen) atoms. The number of allylic oxidation sites excluding steroid dienone is 1. The summed E-state index contributed by atoms with van der Waals surface area (Å²) in [6.45, 7) is 4.76. The van der Waals surface area contributed by atoms with Crippen molar-refractivity contribution in [1.82, 2.24) is 5.32 Å². The van der Waals surface area contributed by atoms with Crippen molar-refractivity contribution in [3.8, 4) is 5.75 Å². The number of benzene rings is 2. The van der Waals surface area contributed by atoms with Crippen LogP contribution in [0.2, 0.25) is 0 Å².